The molecule has 0 aliphatic heterocycles. The zero-order valence-electron chi connectivity index (χ0n) is 11.4. The molecule has 1 N–H and O–H groups in total. The van der Waals surface area contributed by atoms with Crippen molar-refractivity contribution in [1.82, 2.24) is 10.3 Å². The Morgan fingerprint density at radius 2 is 2.05 bits per heavy atom. The van der Waals surface area contributed by atoms with Gasteiger partial charge in [-0.05, 0) is 25.5 Å². The SMILES string of the molecule is CCOC(CNCc1cccc2scnc12)OCC. The highest BCUT2D eigenvalue weighted by atomic mass is 32.1. The van der Waals surface area contributed by atoms with E-state index in [-0.39, 0.29) is 6.29 Å². The molecule has 0 saturated carbocycles. The predicted molar refractivity (Wildman–Crippen MR) is 78.4 cm³/mol. The van der Waals surface area contributed by atoms with Crippen molar-refractivity contribution in [1.29, 1.82) is 0 Å². The Labute approximate surface area is 117 Å². The molecule has 1 heterocycles. The van der Waals surface area contributed by atoms with Crippen LogP contribution in [0.3, 0.4) is 0 Å². The molecule has 0 atom stereocenters. The molecule has 4 nitrogen and oxygen atoms in total. The zero-order valence-corrected chi connectivity index (χ0v) is 12.2. The van der Waals surface area contributed by atoms with Crippen LogP contribution in [0.4, 0.5) is 0 Å². The Hall–Kier alpha value is -1.01. The molecule has 0 saturated heterocycles. The third-order valence-electron chi connectivity index (χ3n) is 2.78. The van der Waals surface area contributed by atoms with Gasteiger partial charge < -0.3 is 14.8 Å². The number of nitrogens with one attached hydrogen (secondary N) is 1. The van der Waals surface area contributed by atoms with E-state index in [2.05, 4.69) is 28.5 Å². The average Bonchev–Trinajstić information content (AvgIpc) is 2.88. The van der Waals surface area contributed by atoms with Crippen molar-refractivity contribution < 1.29 is 9.47 Å². The van der Waals surface area contributed by atoms with Crippen molar-refractivity contribution in [3.05, 3.63) is 29.3 Å². The standard InChI is InChI=1S/C14H20N2O2S/c1-3-17-13(18-4-2)9-15-8-11-6-5-7-12-14(11)16-10-19-12/h5-7,10,13,15H,3-4,8-9H2,1-2H3. The number of rotatable bonds is 8. The molecule has 0 radical (unpaired) electrons. The van der Waals surface area contributed by atoms with Crippen LogP contribution in [0.1, 0.15) is 19.4 Å². The van der Waals surface area contributed by atoms with E-state index >= 15 is 0 Å². The maximum Gasteiger partial charge on any atom is 0.169 e. The summed E-state index contributed by atoms with van der Waals surface area (Å²) in [6.45, 7) is 6.73. The van der Waals surface area contributed by atoms with Crippen LogP contribution in [0.25, 0.3) is 10.2 Å². The molecule has 2 rings (SSSR count). The highest BCUT2D eigenvalue weighted by molar-refractivity contribution is 7.16. The molecular formula is C14H20N2O2S. The molecule has 0 aliphatic carbocycles. The fourth-order valence-electron chi connectivity index (χ4n) is 1.95. The number of nitrogens with zero attached hydrogens (tertiary/aromatic N) is 1. The van der Waals surface area contributed by atoms with Gasteiger partial charge in [-0.3, -0.25) is 0 Å². The van der Waals surface area contributed by atoms with Gasteiger partial charge in [0, 0.05) is 26.3 Å². The van der Waals surface area contributed by atoms with Gasteiger partial charge in [0.15, 0.2) is 6.29 Å². The summed E-state index contributed by atoms with van der Waals surface area (Å²) >= 11 is 1.67. The van der Waals surface area contributed by atoms with Gasteiger partial charge in [-0.2, -0.15) is 0 Å². The fraction of sp³-hybridized carbons (Fsp3) is 0.500. The third kappa shape index (κ3) is 3.98. The van der Waals surface area contributed by atoms with Gasteiger partial charge in [-0.25, -0.2) is 4.98 Å². The van der Waals surface area contributed by atoms with Crippen molar-refractivity contribution in [2.45, 2.75) is 26.7 Å². The second kappa shape index (κ2) is 7.55. The first-order valence-electron chi connectivity index (χ1n) is 6.60. The van der Waals surface area contributed by atoms with Gasteiger partial charge in [0.1, 0.15) is 0 Å². The summed E-state index contributed by atoms with van der Waals surface area (Å²) in [6.07, 6.45) is -0.176. The second-order valence-electron chi connectivity index (χ2n) is 4.09. The van der Waals surface area contributed by atoms with E-state index in [1.165, 1.54) is 10.3 Å². The van der Waals surface area contributed by atoms with Crippen molar-refractivity contribution >= 4 is 21.6 Å². The van der Waals surface area contributed by atoms with E-state index < -0.39 is 0 Å². The number of hydrogen-bond acceptors (Lipinski definition) is 5. The quantitative estimate of drug-likeness (QED) is 0.755. The van der Waals surface area contributed by atoms with Gasteiger partial charge >= 0.3 is 0 Å². The highest BCUT2D eigenvalue weighted by Crippen LogP contribution is 2.20. The zero-order chi connectivity index (χ0) is 13.5. The molecule has 1 aromatic carbocycles. The summed E-state index contributed by atoms with van der Waals surface area (Å²) < 4.78 is 12.2. The van der Waals surface area contributed by atoms with Crippen LogP contribution in [0.2, 0.25) is 0 Å². The first kappa shape index (κ1) is 14.4. The molecular weight excluding hydrogens is 260 g/mol. The van der Waals surface area contributed by atoms with E-state index in [0.717, 1.165) is 12.1 Å². The maximum absolute atomic E-state index is 5.49. The van der Waals surface area contributed by atoms with E-state index in [1.54, 1.807) is 11.3 Å². The Morgan fingerprint density at radius 3 is 2.79 bits per heavy atom. The summed E-state index contributed by atoms with van der Waals surface area (Å²) in [5, 5.41) is 3.37. The van der Waals surface area contributed by atoms with Crippen LogP contribution in [0.15, 0.2) is 23.7 Å². The van der Waals surface area contributed by atoms with Crippen molar-refractivity contribution in [3.63, 3.8) is 0 Å². The lowest BCUT2D eigenvalue weighted by molar-refractivity contribution is -0.133. The Morgan fingerprint density at radius 1 is 1.26 bits per heavy atom. The molecule has 0 fully saturated rings. The van der Waals surface area contributed by atoms with Crippen LogP contribution in [0.5, 0.6) is 0 Å². The molecule has 2 aromatic rings. The van der Waals surface area contributed by atoms with Gasteiger partial charge in [-0.15, -0.1) is 11.3 Å². The number of fused-ring (bicyclic) bond motifs is 1. The minimum Gasteiger partial charge on any atom is -0.352 e. The van der Waals surface area contributed by atoms with Crippen molar-refractivity contribution in [2.75, 3.05) is 19.8 Å². The van der Waals surface area contributed by atoms with E-state index in [0.29, 0.717) is 19.8 Å². The van der Waals surface area contributed by atoms with Crippen LogP contribution >= 0.6 is 11.3 Å². The average molecular weight is 280 g/mol. The summed E-state index contributed by atoms with van der Waals surface area (Å²) in [5.74, 6) is 0. The van der Waals surface area contributed by atoms with Crippen LogP contribution < -0.4 is 5.32 Å². The molecule has 0 unspecified atom stereocenters. The van der Waals surface area contributed by atoms with Crippen LogP contribution in [0, 0.1) is 0 Å². The number of hydrogen-bond donors (Lipinski definition) is 1. The lowest BCUT2D eigenvalue weighted by Crippen LogP contribution is -2.31. The topological polar surface area (TPSA) is 43.4 Å². The predicted octanol–water partition coefficient (Wildman–Crippen LogP) is 2.79. The smallest absolute Gasteiger partial charge is 0.169 e. The van der Waals surface area contributed by atoms with E-state index in [1.807, 2.05) is 19.4 Å². The third-order valence-corrected chi connectivity index (χ3v) is 3.57. The number of thiazole rings is 1. The Bertz CT molecular complexity index is 495. The summed E-state index contributed by atoms with van der Waals surface area (Å²) in [5.41, 5.74) is 4.19. The van der Waals surface area contributed by atoms with Gasteiger partial charge in [-0.1, -0.05) is 12.1 Å². The molecule has 5 heteroatoms. The first-order valence-corrected chi connectivity index (χ1v) is 7.48. The van der Waals surface area contributed by atoms with E-state index in [4.69, 9.17) is 9.47 Å². The monoisotopic (exact) mass is 280 g/mol. The van der Waals surface area contributed by atoms with Crippen LogP contribution in [-0.2, 0) is 16.0 Å². The van der Waals surface area contributed by atoms with Gasteiger partial charge in [0.05, 0.1) is 15.7 Å². The fourth-order valence-corrected chi connectivity index (χ4v) is 2.67. The molecule has 0 amide bonds. The Kier molecular flexibility index (Phi) is 5.72. The van der Waals surface area contributed by atoms with Crippen LogP contribution in [-0.4, -0.2) is 31.0 Å². The molecule has 0 aliphatic rings. The number of para-hydroxylation sites is 1. The second-order valence-corrected chi connectivity index (χ2v) is 4.97. The largest absolute Gasteiger partial charge is 0.352 e. The molecule has 104 valence electrons. The minimum absolute atomic E-state index is 0.176. The normalized spacial score (nSPS) is 11.5. The molecule has 19 heavy (non-hydrogen) atoms. The summed E-state index contributed by atoms with van der Waals surface area (Å²) in [6, 6.07) is 6.27. The van der Waals surface area contributed by atoms with Gasteiger partial charge in [0.25, 0.3) is 0 Å². The summed E-state index contributed by atoms with van der Waals surface area (Å²) in [7, 11) is 0. The lowest BCUT2D eigenvalue weighted by atomic mass is 10.2. The maximum atomic E-state index is 5.49. The molecule has 0 spiro atoms. The lowest BCUT2D eigenvalue weighted by Gasteiger charge is -2.17. The van der Waals surface area contributed by atoms with Gasteiger partial charge in [0.2, 0.25) is 0 Å². The Balaban J connectivity index is 1.89. The summed E-state index contributed by atoms with van der Waals surface area (Å²) in [4.78, 5) is 4.41. The molecule has 0 bridgehead atoms. The first-order chi connectivity index (χ1) is 9.35. The van der Waals surface area contributed by atoms with E-state index in [9.17, 15) is 0 Å². The minimum atomic E-state index is -0.176. The van der Waals surface area contributed by atoms with Crippen molar-refractivity contribution in [2.24, 2.45) is 0 Å². The number of ether oxygens (including phenoxy) is 2. The highest BCUT2D eigenvalue weighted by Gasteiger charge is 2.08. The number of aromatic nitrogens is 1. The molecule has 1 aromatic heterocycles. The van der Waals surface area contributed by atoms with Crippen molar-refractivity contribution in [3.8, 4) is 0 Å². The number of benzene rings is 1.